The molecule has 0 amide bonds. The summed E-state index contributed by atoms with van der Waals surface area (Å²) in [6.45, 7) is 0.439. The second-order valence-corrected chi connectivity index (χ2v) is 9.00. The number of hydrogen-bond acceptors (Lipinski definition) is 8. The number of esters is 1. The Morgan fingerprint density at radius 3 is 2.61 bits per heavy atom. The van der Waals surface area contributed by atoms with Crippen molar-refractivity contribution in [3.05, 3.63) is 28.3 Å². The Morgan fingerprint density at radius 2 is 2.07 bits per heavy atom. The van der Waals surface area contributed by atoms with E-state index in [9.17, 15) is 40.7 Å². The maximum absolute atomic E-state index is 12.6. The summed E-state index contributed by atoms with van der Waals surface area (Å²) in [6, 6.07) is 1.22. The van der Waals surface area contributed by atoms with Crippen LogP contribution in [0.15, 0.2) is 28.0 Å². The van der Waals surface area contributed by atoms with E-state index < -0.39 is 58.3 Å². The molecule has 0 spiro atoms. The first-order valence-corrected chi connectivity index (χ1v) is 10.5. The molecule has 2 rings (SSSR count). The number of halogens is 3. The fourth-order valence-electron chi connectivity index (χ4n) is 2.32. The zero-order valence-corrected chi connectivity index (χ0v) is 15.6. The van der Waals surface area contributed by atoms with Gasteiger partial charge in [-0.15, -0.1) is 0 Å². The number of benzene rings is 1. The van der Waals surface area contributed by atoms with Crippen molar-refractivity contribution in [1.82, 2.24) is 0 Å². The third kappa shape index (κ3) is 5.05. The van der Waals surface area contributed by atoms with Gasteiger partial charge in [-0.1, -0.05) is 0 Å². The van der Waals surface area contributed by atoms with Crippen LogP contribution < -0.4 is 0 Å². The lowest BCUT2D eigenvalue weighted by Gasteiger charge is -2.11. The number of nitrogens with zero attached hydrogens (tertiary/aromatic N) is 1. The van der Waals surface area contributed by atoms with E-state index in [1.165, 1.54) is 0 Å². The molecule has 156 valence electrons. The number of carbonyl (C=O) groups excluding carboxylic acids is 1. The van der Waals surface area contributed by atoms with Gasteiger partial charge in [-0.05, 0) is 25.0 Å². The molecule has 14 heteroatoms. The summed E-state index contributed by atoms with van der Waals surface area (Å²) in [6.07, 6.45) is 1.18. The van der Waals surface area contributed by atoms with Gasteiger partial charge < -0.3 is 9.47 Å². The number of rotatable bonds is 7. The van der Waals surface area contributed by atoms with Crippen molar-refractivity contribution in [2.24, 2.45) is 0 Å². The summed E-state index contributed by atoms with van der Waals surface area (Å²) in [7, 11) is -8.16. The van der Waals surface area contributed by atoms with Crippen LogP contribution >= 0.6 is 0 Å². The zero-order chi connectivity index (χ0) is 21.1. The van der Waals surface area contributed by atoms with Crippen LogP contribution in [0.25, 0.3) is 0 Å². The van der Waals surface area contributed by atoms with Gasteiger partial charge in [0, 0.05) is 12.7 Å². The SMILES string of the molecule is O=C(CS(=O)c1ccc(S(=O)(=O)C(F)(F)F)cc1[N+](=O)[O-])OCC1CCCO1. The molecule has 2 atom stereocenters. The number of ether oxygens (including phenoxy) is 2. The van der Waals surface area contributed by atoms with Crippen LogP contribution in [0.3, 0.4) is 0 Å². The standard InChI is InChI=1S/C14H14F3NO8S2/c15-14(16,17)28(23,24)10-3-4-12(11(6-10)18(20)21)27(22)8-13(19)26-7-9-2-1-5-25-9/h3-4,6,9H,1-2,5,7-8H2. The van der Waals surface area contributed by atoms with Gasteiger partial charge >= 0.3 is 11.5 Å². The highest BCUT2D eigenvalue weighted by Crippen LogP contribution is 2.34. The van der Waals surface area contributed by atoms with E-state index in [1.807, 2.05) is 0 Å². The highest BCUT2D eigenvalue weighted by atomic mass is 32.2. The lowest BCUT2D eigenvalue weighted by molar-refractivity contribution is -0.388. The second-order valence-electron chi connectivity index (χ2n) is 5.64. The predicted octanol–water partition coefficient (Wildman–Crippen LogP) is 1.72. The molecule has 1 aromatic carbocycles. The lowest BCUT2D eigenvalue weighted by Crippen LogP contribution is -2.23. The third-order valence-corrected chi connectivity index (χ3v) is 6.51. The van der Waals surface area contributed by atoms with Crippen LogP contribution in [0.1, 0.15) is 12.8 Å². The molecule has 1 aliphatic heterocycles. The Kier molecular flexibility index (Phi) is 6.77. The van der Waals surface area contributed by atoms with Crippen molar-refractivity contribution >= 4 is 32.3 Å². The number of hydrogen-bond donors (Lipinski definition) is 0. The quantitative estimate of drug-likeness (QED) is 0.352. The molecule has 1 heterocycles. The predicted molar refractivity (Wildman–Crippen MR) is 87.5 cm³/mol. The first-order chi connectivity index (χ1) is 12.9. The number of alkyl halides is 3. The van der Waals surface area contributed by atoms with Gasteiger partial charge in [-0.3, -0.25) is 19.1 Å². The fraction of sp³-hybridized carbons (Fsp3) is 0.500. The molecule has 0 saturated carbocycles. The first kappa shape index (κ1) is 22.2. The van der Waals surface area contributed by atoms with Crippen LogP contribution in [0.5, 0.6) is 0 Å². The van der Waals surface area contributed by atoms with Crippen molar-refractivity contribution in [1.29, 1.82) is 0 Å². The van der Waals surface area contributed by atoms with Crippen molar-refractivity contribution in [3.63, 3.8) is 0 Å². The summed E-state index contributed by atoms with van der Waals surface area (Å²) in [5.74, 6) is -1.74. The summed E-state index contributed by atoms with van der Waals surface area (Å²) < 4.78 is 82.9. The van der Waals surface area contributed by atoms with Crippen LogP contribution in [-0.4, -0.2) is 54.1 Å². The molecule has 0 N–H and O–H groups in total. The van der Waals surface area contributed by atoms with Gasteiger partial charge in [0.15, 0.2) is 0 Å². The monoisotopic (exact) mass is 445 g/mol. The molecular weight excluding hydrogens is 431 g/mol. The minimum absolute atomic E-state index is 0.0824. The van der Waals surface area contributed by atoms with Crippen molar-refractivity contribution in [3.8, 4) is 0 Å². The third-order valence-electron chi connectivity index (χ3n) is 3.69. The van der Waals surface area contributed by atoms with Gasteiger partial charge in [-0.25, -0.2) is 8.42 Å². The van der Waals surface area contributed by atoms with Gasteiger partial charge in [0.1, 0.15) is 17.3 Å². The van der Waals surface area contributed by atoms with E-state index in [1.54, 1.807) is 0 Å². The first-order valence-electron chi connectivity index (χ1n) is 7.69. The summed E-state index contributed by atoms with van der Waals surface area (Å²) >= 11 is 0. The molecule has 2 unspecified atom stereocenters. The molecule has 28 heavy (non-hydrogen) atoms. The Hall–Kier alpha value is -2.06. The van der Waals surface area contributed by atoms with E-state index >= 15 is 0 Å². The van der Waals surface area contributed by atoms with Gasteiger partial charge in [-0.2, -0.15) is 13.2 Å². The zero-order valence-electron chi connectivity index (χ0n) is 14.0. The molecule has 0 aromatic heterocycles. The highest BCUT2D eigenvalue weighted by molar-refractivity contribution is 7.92. The number of carbonyl (C=O) groups is 1. The smallest absolute Gasteiger partial charge is 0.462 e. The van der Waals surface area contributed by atoms with E-state index in [-0.39, 0.29) is 18.8 Å². The molecule has 1 aromatic rings. The average molecular weight is 445 g/mol. The molecule has 1 aliphatic rings. The Balaban J connectivity index is 2.18. The van der Waals surface area contributed by atoms with Crippen LogP contribution in [0, 0.1) is 10.1 Å². The normalized spacial score (nSPS) is 18.6. The van der Waals surface area contributed by atoms with Crippen LogP contribution in [0.4, 0.5) is 18.9 Å². The van der Waals surface area contributed by atoms with Crippen LogP contribution in [-0.2, 0) is 34.9 Å². The van der Waals surface area contributed by atoms with Crippen LogP contribution in [0.2, 0.25) is 0 Å². The van der Waals surface area contributed by atoms with E-state index in [0.717, 1.165) is 6.42 Å². The van der Waals surface area contributed by atoms with Gasteiger partial charge in [0.05, 0.1) is 26.7 Å². The Labute approximate surface area is 159 Å². The molecule has 0 radical (unpaired) electrons. The molecular formula is C14H14F3NO8S2. The molecule has 1 saturated heterocycles. The van der Waals surface area contributed by atoms with Crippen molar-refractivity contribution in [2.45, 2.75) is 34.2 Å². The lowest BCUT2D eigenvalue weighted by atomic mass is 10.2. The average Bonchev–Trinajstić information content (AvgIpc) is 3.11. The molecule has 0 aliphatic carbocycles. The Bertz CT molecular complexity index is 894. The Morgan fingerprint density at radius 1 is 1.39 bits per heavy atom. The van der Waals surface area contributed by atoms with Gasteiger partial charge in [0.25, 0.3) is 15.5 Å². The van der Waals surface area contributed by atoms with E-state index in [2.05, 4.69) is 0 Å². The number of nitro benzene ring substituents is 1. The molecule has 9 nitrogen and oxygen atoms in total. The summed E-state index contributed by atoms with van der Waals surface area (Å²) in [5.41, 5.74) is -6.77. The topological polar surface area (TPSA) is 130 Å². The fourth-order valence-corrected chi connectivity index (χ4v) is 4.14. The minimum Gasteiger partial charge on any atom is -0.462 e. The van der Waals surface area contributed by atoms with Gasteiger partial charge in [0.2, 0.25) is 0 Å². The van der Waals surface area contributed by atoms with Crippen molar-refractivity contribution < 1.29 is 45.0 Å². The van der Waals surface area contributed by atoms with E-state index in [4.69, 9.17) is 9.47 Å². The summed E-state index contributed by atoms with van der Waals surface area (Å²) in [4.78, 5) is 19.7. The number of sulfone groups is 1. The number of nitro groups is 1. The second kappa shape index (κ2) is 8.53. The maximum atomic E-state index is 12.6. The molecule has 0 bridgehead atoms. The largest absolute Gasteiger partial charge is 0.501 e. The van der Waals surface area contributed by atoms with E-state index in [0.29, 0.717) is 25.2 Å². The summed E-state index contributed by atoms with van der Waals surface area (Å²) in [5, 5.41) is 11.1. The highest BCUT2D eigenvalue weighted by Gasteiger charge is 2.47. The van der Waals surface area contributed by atoms with Crippen molar-refractivity contribution in [2.75, 3.05) is 19.0 Å². The minimum atomic E-state index is -5.82. The maximum Gasteiger partial charge on any atom is 0.501 e. The molecule has 1 fully saturated rings.